The molecule has 0 aliphatic heterocycles. The van der Waals surface area contributed by atoms with E-state index in [4.69, 9.17) is 21.6 Å². The molecule has 0 aromatic carbocycles. The van der Waals surface area contributed by atoms with Crippen LogP contribution in [-0.2, 0) is 9.53 Å². The van der Waals surface area contributed by atoms with Gasteiger partial charge < -0.3 is 4.74 Å². The molecule has 1 heterocycles. The van der Waals surface area contributed by atoms with E-state index in [2.05, 4.69) is 10.2 Å². The summed E-state index contributed by atoms with van der Waals surface area (Å²) < 4.78 is 5.11. The van der Waals surface area contributed by atoms with Crippen LogP contribution in [0.4, 0.5) is 0 Å². The molecule has 0 aliphatic rings. The van der Waals surface area contributed by atoms with Crippen LogP contribution in [0.2, 0.25) is 5.15 Å². The molecule has 0 saturated heterocycles. The summed E-state index contributed by atoms with van der Waals surface area (Å²) in [5.41, 5.74) is -0.419. The van der Waals surface area contributed by atoms with Crippen molar-refractivity contribution in [2.75, 3.05) is 0 Å². The highest BCUT2D eigenvalue weighted by Crippen LogP contribution is 2.18. The van der Waals surface area contributed by atoms with Gasteiger partial charge in [0.2, 0.25) is 0 Å². The fraction of sp³-hybridized carbons (Fsp3) is 0.455. The van der Waals surface area contributed by atoms with Crippen LogP contribution in [0.5, 0.6) is 0 Å². The lowest BCUT2D eigenvalue weighted by Gasteiger charge is -2.20. The largest absolute Gasteiger partial charge is 0.459 e. The van der Waals surface area contributed by atoms with E-state index in [1.807, 2.05) is 6.07 Å². The van der Waals surface area contributed by atoms with E-state index in [1.54, 1.807) is 20.8 Å². The van der Waals surface area contributed by atoms with Gasteiger partial charge in [0.25, 0.3) is 0 Å². The van der Waals surface area contributed by atoms with Gasteiger partial charge in [-0.3, -0.25) is 4.79 Å². The summed E-state index contributed by atoms with van der Waals surface area (Å²) in [6.45, 7) is 5.19. The molecule has 0 bridgehead atoms. The van der Waals surface area contributed by atoms with Gasteiger partial charge in [-0.05, 0) is 32.9 Å². The van der Waals surface area contributed by atoms with Crippen LogP contribution in [-0.4, -0.2) is 21.8 Å². The van der Waals surface area contributed by atoms with Crippen molar-refractivity contribution in [2.45, 2.75) is 32.3 Å². The molecule has 0 fully saturated rings. The maximum absolute atomic E-state index is 11.7. The Kier molecular flexibility index (Phi) is 4.02. The Morgan fingerprint density at radius 2 is 2.12 bits per heavy atom. The van der Waals surface area contributed by atoms with Crippen molar-refractivity contribution < 1.29 is 9.53 Å². The van der Waals surface area contributed by atoms with Crippen LogP contribution in [0.1, 0.15) is 32.4 Å². The Bertz CT molecular complexity index is 445. The van der Waals surface area contributed by atoms with Gasteiger partial charge in [-0.1, -0.05) is 11.6 Å². The number of carbonyl (C=O) groups excluding carboxylic acids is 1. The van der Waals surface area contributed by atoms with E-state index >= 15 is 0 Å². The maximum atomic E-state index is 11.7. The number of hydrogen-bond donors (Lipinski definition) is 0. The fourth-order valence-corrected chi connectivity index (χ4v) is 1.18. The van der Waals surface area contributed by atoms with Crippen molar-refractivity contribution in [3.8, 4) is 6.07 Å². The first-order chi connectivity index (χ1) is 7.83. The van der Waals surface area contributed by atoms with E-state index in [-0.39, 0.29) is 10.8 Å². The zero-order valence-corrected chi connectivity index (χ0v) is 10.5. The quantitative estimate of drug-likeness (QED) is 0.754. The Morgan fingerprint density at radius 3 is 2.53 bits per heavy atom. The Balaban J connectivity index is 2.90. The summed E-state index contributed by atoms with van der Waals surface area (Å²) in [6, 6.07) is 4.79. The molecule has 0 N–H and O–H groups in total. The van der Waals surface area contributed by atoms with Gasteiger partial charge in [-0.2, -0.15) is 10.4 Å². The summed E-state index contributed by atoms with van der Waals surface area (Å²) in [5, 5.41) is 16.4. The highest BCUT2D eigenvalue weighted by molar-refractivity contribution is 6.29. The maximum Gasteiger partial charge on any atom is 0.330 e. The molecule has 0 amide bonds. The first kappa shape index (κ1) is 13.4. The molecule has 0 spiro atoms. The molecular formula is C11H12ClN3O2. The van der Waals surface area contributed by atoms with Crippen molar-refractivity contribution in [1.82, 2.24) is 10.2 Å². The number of esters is 1. The lowest BCUT2D eigenvalue weighted by atomic mass is 10.1. The highest BCUT2D eigenvalue weighted by atomic mass is 35.5. The van der Waals surface area contributed by atoms with Gasteiger partial charge in [0, 0.05) is 0 Å². The fourth-order valence-electron chi connectivity index (χ4n) is 1.08. The molecule has 1 atom stereocenters. The monoisotopic (exact) mass is 253 g/mol. The number of carbonyl (C=O) groups is 1. The summed E-state index contributed by atoms with van der Waals surface area (Å²) in [6.07, 6.45) is 0. The zero-order valence-electron chi connectivity index (χ0n) is 9.77. The normalized spacial score (nSPS) is 12.6. The number of nitriles is 1. The molecule has 1 unspecified atom stereocenters. The van der Waals surface area contributed by atoms with Crippen LogP contribution in [0.3, 0.4) is 0 Å². The van der Waals surface area contributed by atoms with Crippen molar-refractivity contribution in [3.63, 3.8) is 0 Å². The second-order valence-electron chi connectivity index (χ2n) is 4.38. The third-order valence-electron chi connectivity index (χ3n) is 1.72. The predicted octanol–water partition coefficient (Wildman–Crippen LogP) is 2.08. The number of hydrogen-bond acceptors (Lipinski definition) is 5. The first-order valence-electron chi connectivity index (χ1n) is 4.95. The number of nitrogens with zero attached hydrogens (tertiary/aromatic N) is 3. The molecule has 5 nitrogen and oxygen atoms in total. The lowest BCUT2D eigenvalue weighted by Crippen LogP contribution is -2.27. The van der Waals surface area contributed by atoms with Crippen LogP contribution < -0.4 is 0 Å². The lowest BCUT2D eigenvalue weighted by molar-refractivity contribution is -0.155. The molecule has 0 radical (unpaired) electrons. The molecule has 1 aromatic rings. The number of aromatic nitrogens is 2. The number of rotatable bonds is 2. The average molecular weight is 254 g/mol. The van der Waals surface area contributed by atoms with Gasteiger partial charge in [-0.25, -0.2) is 0 Å². The van der Waals surface area contributed by atoms with Crippen LogP contribution in [0, 0.1) is 11.3 Å². The second kappa shape index (κ2) is 5.11. The van der Waals surface area contributed by atoms with Crippen molar-refractivity contribution in [2.24, 2.45) is 0 Å². The molecule has 1 rings (SSSR count). The van der Waals surface area contributed by atoms with Crippen molar-refractivity contribution in [3.05, 3.63) is 23.0 Å². The van der Waals surface area contributed by atoms with E-state index in [0.29, 0.717) is 0 Å². The number of ether oxygens (including phenoxy) is 1. The van der Waals surface area contributed by atoms with Gasteiger partial charge in [0.1, 0.15) is 5.60 Å². The predicted molar refractivity (Wildman–Crippen MR) is 61.2 cm³/mol. The van der Waals surface area contributed by atoms with Crippen molar-refractivity contribution in [1.29, 1.82) is 5.26 Å². The average Bonchev–Trinajstić information content (AvgIpc) is 2.19. The number of halogens is 1. The Morgan fingerprint density at radius 1 is 1.47 bits per heavy atom. The van der Waals surface area contributed by atoms with Crippen LogP contribution >= 0.6 is 11.6 Å². The minimum atomic E-state index is -1.08. The highest BCUT2D eigenvalue weighted by Gasteiger charge is 2.27. The van der Waals surface area contributed by atoms with E-state index in [0.717, 1.165) is 0 Å². The SMILES string of the molecule is CC(C)(C)OC(=O)C(C#N)c1ccc(Cl)nn1. The zero-order chi connectivity index (χ0) is 13.1. The summed E-state index contributed by atoms with van der Waals surface area (Å²) in [4.78, 5) is 11.7. The topological polar surface area (TPSA) is 75.9 Å². The summed E-state index contributed by atoms with van der Waals surface area (Å²) in [7, 11) is 0. The second-order valence-corrected chi connectivity index (χ2v) is 4.76. The molecule has 90 valence electrons. The minimum Gasteiger partial charge on any atom is -0.459 e. The van der Waals surface area contributed by atoms with E-state index in [1.165, 1.54) is 12.1 Å². The smallest absolute Gasteiger partial charge is 0.330 e. The van der Waals surface area contributed by atoms with Crippen LogP contribution in [0.25, 0.3) is 0 Å². The summed E-state index contributed by atoms with van der Waals surface area (Å²) >= 11 is 5.57. The standard InChI is InChI=1S/C11H12ClN3O2/c1-11(2,3)17-10(16)7(6-13)8-4-5-9(12)15-14-8/h4-5,7H,1-3H3. The Labute approximate surface area is 104 Å². The first-order valence-corrected chi connectivity index (χ1v) is 5.33. The molecule has 1 aromatic heterocycles. The molecule has 6 heteroatoms. The van der Waals surface area contributed by atoms with E-state index in [9.17, 15) is 4.79 Å². The minimum absolute atomic E-state index is 0.203. The van der Waals surface area contributed by atoms with E-state index < -0.39 is 17.5 Å². The Hall–Kier alpha value is -1.67. The molecule has 17 heavy (non-hydrogen) atoms. The third-order valence-corrected chi connectivity index (χ3v) is 1.92. The molecular weight excluding hydrogens is 242 g/mol. The van der Waals surface area contributed by atoms with Gasteiger partial charge in [0.15, 0.2) is 11.1 Å². The summed E-state index contributed by atoms with van der Waals surface area (Å²) in [5.74, 6) is -1.73. The van der Waals surface area contributed by atoms with Crippen molar-refractivity contribution >= 4 is 17.6 Å². The third kappa shape index (κ3) is 4.00. The van der Waals surface area contributed by atoms with Gasteiger partial charge in [-0.15, -0.1) is 5.10 Å². The van der Waals surface area contributed by atoms with Gasteiger partial charge >= 0.3 is 5.97 Å². The molecule has 0 saturated carbocycles. The van der Waals surface area contributed by atoms with Gasteiger partial charge in [0.05, 0.1) is 11.8 Å². The van der Waals surface area contributed by atoms with Crippen LogP contribution in [0.15, 0.2) is 12.1 Å². The molecule has 0 aliphatic carbocycles.